The van der Waals surface area contributed by atoms with Crippen molar-refractivity contribution in [2.75, 3.05) is 31.7 Å². The molecule has 0 fully saturated rings. The lowest BCUT2D eigenvalue weighted by atomic mass is 10.2. The van der Waals surface area contributed by atoms with Gasteiger partial charge in [0.2, 0.25) is 5.95 Å². The molecule has 0 radical (unpaired) electrons. The number of halogens is 1. The standard InChI is InChI=1S/C10H18BrN5/c1-7(4-5-16(2)3)13-10-14-8(11)6-9(12)15-10/h6-7H,4-5H2,1-3H3,(H3,12,13,14,15). The van der Waals surface area contributed by atoms with Gasteiger partial charge in [0.15, 0.2) is 0 Å². The van der Waals surface area contributed by atoms with E-state index in [-0.39, 0.29) is 0 Å². The summed E-state index contributed by atoms with van der Waals surface area (Å²) in [6.07, 6.45) is 1.03. The van der Waals surface area contributed by atoms with Crippen molar-refractivity contribution in [1.29, 1.82) is 0 Å². The molecule has 0 aliphatic heterocycles. The monoisotopic (exact) mass is 287 g/mol. The molecule has 0 spiro atoms. The first-order valence-corrected chi connectivity index (χ1v) is 5.98. The molecule has 0 amide bonds. The average Bonchev–Trinajstić information content (AvgIpc) is 2.12. The second-order valence-corrected chi connectivity index (χ2v) is 4.89. The van der Waals surface area contributed by atoms with Gasteiger partial charge in [0.25, 0.3) is 0 Å². The van der Waals surface area contributed by atoms with Gasteiger partial charge in [-0.1, -0.05) is 0 Å². The van der Waals surface area contributed by atoms with Crippen molar-refractivity contribution in [3.63, 3.8) is 0 Å². The Balaban J connectivity index is 2.52. The second-order valence-electron chi connectivity index (χ2n) is 4.08. The van der Waals surface area contributed by atoms with E-state index in [9.17, 15) is 0 Å². The molecule has 0 aliphatic rings. The minimum atomic E-state index is 0.316. The molecular formula is C10H18BrN5. The molecule has 0 aromatic carbocycles. The molecule has 0 saturated heterocycles. The van der Waals surface area contributed by atoms with Gasteiger partial charge in [-0.15, -0.1) is 0 Å². The normalized spacial score (nSPS) is 12.8. The largest absolute Gasteiger partial charge is 0.383 e. The SMILES string of the molecule is CC(CCN(C)C)Nc1nc(N)cc(Br)n1. The predicted molar refractivity (Wildman–Crippen MR) is 70.4 cm³/mol. The van der Waals surface area contributed by atoms with E-state index in [0.29, 0.717) is 22.4 Å². The number of rotatable bonds is 5. The van der Waals surface area contributed by atoms with E-state index in [1.165, 1.54) is 0 Å². The fourth-order valence-electron chi connectivity index (χ4n) is 1.24. The molecule has 3 N–H and O–H groups in total. The van der Waals surface area contributed by atoms with Gasteiger partial charge in [0, 0.05) is 12.1 Å². The molecule has 1 unspecified atom stereocenters. The van der Waals surface area contributed by atoms with Crippen molar-refractivity contribution in [1.82, 2.24) is 14.9 Å². The van der Waals surface area contributed by atoms with Crippen LogP contribution in [-0.4, -0.2) is 41.5 Å². The van der Waals surface area contributed by atoms with Crippen LogP contribution in [0.5, 0.6) is 0 Å². The lowest BCUT2D eigenvalue weighted by Crippen LogP contribution is -2.24. The molecule has 6 heteroatoms. The third-order valence-corrected chi connectivity index (χ3v) is 2.51. The Bertz CT molecular complexity index is 322. The molecule has 0 aliphatic carbocycles. The second kappa shape index (κ2) is 6.00. The Hall–Kier alpha value is -0.880. The molecule has 90 valence electrons. The lowest BCUT2D eigenvalue weighted by Gasteiger charge is -2.16. The average molecular weight is 288 g/mol. The van der Waals surface area contributed by atoms with E-state index < -0.39 is 0 Å². The van der Waals surface area contributed by atoms with Crippen molar-refractivity contribution in [2.24, 2.45) is 0 Å². The number of hydrogen-bond donors (Lipinski definition) is 2. The van der Waals surface area contributed by atoms with E-state index in [1.54, 1.807) is 6.07 Å². The zero-order valence-electron chi connectivity index (χ0n) is 9.87. The van der Waals surface area contributed by atoms with Crippen LogP contribution in [0.1, 0.15) is 13.3 Å². The first-order valence-electron chi connectivity index (χ1n) is 5.18. The maximum absolute atomic E-state index is 5.63. The van der Waals surface area contributed by atoms with Crippen LogP contribution in [-0.2, 0) is 0 Å². The van der Waals surface area contributed by atoms with E-state index in [4.69, 9.17) is 5.73 Å². The van der Waals surface area contributed by atoms with Gasteiger partial charge >= 0.3 is 0 Å². The fourth-order valence-corrected chi connectivity index (χ4v) is 1.65. The number of nitrogens with two attached hydrogens (primary N) is 1. The van der Waals surface area contributed by atoms with Gasteiger partial charge in [0.05, 0.1) is 0 Å². The Kier molecular flexibility index (Phi) is 4.95. The smallest absolute Gasteiger partial charge is 0.225 e. The quantitative estimate of drug-likeness (QED) is 0.805. The predicted octanol–water partition coefficient (Wildman–Crippen LogP) is 1.57. The van der Waals surface area contributed by atoms with Gasteiger partial charge < -0.3 is 16.0 Å². The summed E-state index contributed by atoms with van der Waals surface area (Å²) >= 11 is 3.29. The Labute approximate surface area is 105 Å². The minimum absolute atomic E-state index is 0.316. The number of nitrogens with one attached hydrogen (secondary N) is 1. The fraction of sp³-hybridized carbons (Fsp3) is 0.600. The summed E-state index contributed by atoms with van der Waals surface area (Å²) in [6.45, 7) is 3.13. The third kappa shape index (κ3) is 4.76. The molecule has 1 aromatic heterocycles. The van der Waals surface area contributed by atoms with E-state index in [0.717, 1.165) is 13.0 Å². The molecule has 1 atom stereocenters. The van der Waals surface area contributed by atoms with E-state index in [2.05, 4.69) is 57.1 Å². The highest BCUT2D eigenvalue weighted by molar-refractivity contribution is 9.10. The Morgan fingerprint density at radius 1 is 1.50 bits per heavy atom. The van der Waals surface area contributed by atoms with Crippen molar-refractivity contribution in [3.05, 3.63) is 10.7 Å². The molecule has 1 rings (SSSR count). The molecule has 1 heterocycles. The molecule has 1 aromatic rings. The van der Waals surface area contributed by atoms with Crippen molar-refractivity contribution in [3.8, 4) is 0 Å². The number of nitrogen functional groups attached to an aromatic ring is 1. The number of hydrogen-bond acceptors (Lipinski definition) is 5. The maximum atomic E-state index is 5.63. The van der Waals surface area contributed by atoms with Gasteiger partial charge in [0.1, 0.15) is 10.4 Å². The van der Waals surface area contributed by atoms with Gasteiger partial charge in [-0.2, -0.15) is 4.98 Å². The van der Waals surface area contributed by atoms with Crippen LogP contribution in [0.3, 0.4) is 0 Å². The first-order chi connectivity index (χ1) is 7.47. The van der Waals surface area contributed by atoms with Crippen LogP contribution in [0, 0.1) is 0 Å². The molecule has 0 saturated carbocycles. The zero-order chi connectivity index (χ0) is 12.1. The third-order valence-electron chi connectivity index (χ3n) is 2.10. The Morgan fingerprint density at radius 2 is 2.19 bits per heavy atom. The highest BCUT2D eigenvalue weighted by Crippen LogP contribution is 2.13. The van der Waals surface area contributed by atoms with Gasteiger partial charge in [-0.3, -0.25) is 0 Å². The summed E-state index contributed by atoms with van der Waals surface area (Å²) in [5.74, 6) is 1.03. The minimum Gasteiger partial charge on any atom is -0.383 e. The van der Waals surface area contributed by atoms with Crippen molar-refractivity contribution < 1.29 is 0 Å². The van der Waals surface area contributed by atoms with Crippen LogP contribution < -0.4 is 11.1 Å². The molecule has 5 nitrogen and oxygen atoms in total. The van der Waals surface area contributed by atoms with Crippen LogP contribution >= 0.6 is 15.9 Å². The number of aromatic nitrogens is 2. The highest BCUT2D eigenvalue weighted by Gasteiger charge is 2.06. The van der Waals surface area contributed by atoms with Gasteiger partial charge in [-0.05, 0) is 49.9 Å². The summed E-state index contributed by atoms with van der Waals surface area (Å²) in [4.78, 5) is 10.5. The topological polar surface area (TPSA) is 67.1 Å². The number of anilines is 2. The highest BCUT2D eigenvalue weighted by atomic mass is 79.9. The molecule has 0 bridgehead atoms. The van der Waals surface area contributed by atoms with Crippen LogP contribution in [0.2, 0.25) is 0 Å². The van der Waals surface area contributed by atoms with E-state index >= 15 is 0 Å². The summed E-state index contributed by atoms with van der Waals surface area (Å²) in [6, 6.07) is 1.99. The van der Waals surface area contributed by atoms with E-state index in [1.807, 2.05) is 0 Å². The number of nitrogens with zero attached hydrogens (tertiary/aromatic N) is 3. The summed E-state index contributed by atoms with van der Waals surface area (Å²) in [5, 5.41) is 3.22. The van der Waals surface area contributed by atoms with Crippen molar-refractivity contribution in [2.45, 2.75) is 19.4 Å². The van der Waals surface area contributed by atoms with Crippen LogP contribution in [0.4, 0.5) is 11.8 Å². The zero-order valence-corrected chi connectivity index (χ0v) is 11.5. The summed E-state index contributed by atoms with van der Waals surface area (Å²) < 4.78 is 0.697. The Morgan fingerprint density at radius 3 is 2.75 bits per heavy atom. The first kappa shape index (κ1) is 13.2. The molecule has 16 heavy (non-hydrogen) atoms. The van der Waals surface area contributed by atoms with Crippen molar-refractivity contribution >= 4 is 27.7 Å². The van der Waals surface area contributed by atoms with Crippen LogP contribution in [0.15, 0.2) is 10.7 Å². The summed E-state index contributed by atoms with van der Waals surface area (Å²) in [5.41, 5.74) is 5.63. The van der Waals surface area contributed by atoms with Gasteiger partial charge in [-0.25, -0.2) is 4.98 Å². The lowest BCUT2D eigenvalue weighted by molar-refractivity contribution is 0.390. The maximum Gasteiger partial charge on any atom is 0.225 e. The molecular weight excluding hydrogens is 270 g/mol. The van der Waals surface area contributed by atoms with Crippen LogP contribution in [0.25, 0.3) is 0 Å². The summed E-state index contributed by atoms with van der Waals surface area (Å²) in [7, 11) is 4.11.